The van der Waals surface area contributed by atoms with Crippen molar-refractivity contribution in [2.24, 2.45) is 0 Å². The summed E-state index contributed by atoms with van der Waals surface area (Å²) in [6, 6.07) is 5.27. The number of carbonyl (C=O) groups is 1. The Morgan fingerprint density at radius 2 is 2.00 bits per heavy atom. The van der Waals surface area contributed by atoms with Gasteiger partial charge in [-0.15, -0.1) is 0 Å². The Morgan fingerprint density at radius 1 is 1.39 bits per heavy atom. The van der Waals surface area contributed by atoms with Crippen molar-refractivity contribution in [1.82, 2.24) is 5.32 Å². The summed E-state index contributed by atoms with van der Waals surface area (Å²) < 4.78 is 49.3. The molecule has 1 N–H and O–H groups in total. The Labute approximate surface area is 106 Å². The molecule has 0 saturated carbocycles. The first-order valence-electron chi connectivity index (χ1n) is 4.97. The van der Waals surface area contributed by atoms with Crippen LogP contribution in [0.1, 0.15) is 18.5 Å². The molecule has 100 valence electrons. The molecule has 1 amide bonds. The van der Waals surface area contributed by atoms with E-state index in [1.807, 2.05) is 5.32 Å². The van der Waals surface area contributed by atoms with Crippen molar-refractivity contribution in [2.45, 2.75) is 25.3 Å². The molecule has 0 bridgehead atoms. The van der Waals surface area contributed by atoms with Gasteiger partial charge in [0.25, 0.3) is 5.91 Å². The minimum atomic E-state index is -4.70. The van der Waals surface area contributed by atoms with Crippen LogP contribution >= 0.6 is 11.6 Å². The van der Waals surface area contributed by atoms with Crippen molar-refractivity contribution in [1.29, 1.82) is 0 Å². The van der Waals surface area contributed by atoms with Crippen molar-refractivity contribution in [3.63, 3.8) is 0 Å². The highest BCUT2D eigenvalue weighted by atomic mass is 35.5. The maximum Gasteiger partial charge on any atom is 0.383 e. The van der Waals surface area contributed by atoms with Crippen molar-refractivity contribution < 1.29 is 22.4 Å². The Bertz CT molecular complexity index is 439. The smallest absolute Gasteiger partial charge is 0.344 e. The van der Waals surface area contributed by atoms with E-state index < -0.39 is 24.3 Å². The van der Waals surface area contributed by atoms with Gasteiger partial charge in [0.15, 0.2) is 0 Å². The molecule has 1 atom stereocenters. The molecule has 0 fully saturated rings. The Balaban J connectivity index is 2.77. The molecule has 0 unspecified atom stereocenters. The molecule has 0 aliphatic rings. The van der Waals surface area contributed by atoms with Gasteiger partial charge in [-0.2, -0.15) is 8.78 Å². The van der Waals surface area contributed by atoms with Crippen molar-refractivity contribution >= 4 is 17.5 Å². The normalized spacial score (nSPS) is 13.5. The molecule has 0 aromatic heterocycles. The predicted octanol–water partition coefficient (Wildman–Crippen LogP) is 3.42. The minimum Gasteiger partial charge on any atom is -0.344 e. The molecule has 0 saturated heterocycles. The van der Waals surface area contributed by atoms with Gasteiger partial charge in [0.1, 0.15) is 0 Å². The summed E-state index contributed by atoms with van der Waals surface area (Å²) in [5.41, 5.74) is 0.445. The Kier molecular flexibility index (Phi) is 4.56. The zero-order valence-electron chi connectivity index (χ0n) is 9.26. The number of rotatable bonds is 4. The summed E-state index contributed by atoms with van der Waals surface area (Å²) in [5, 5.41) is 2.17. The highest BCUT2D eigenvalue weighted by Gasteiger charge is 2.49. The summed E-state index contributed by atoms with van der Waals surface area (Å²) in [4.78, 5) is 11.0. The van der Waals surface area contributed by atoms with Crippen LogP contribution in [0, 0.1) is 0 Å². The fraction of sp³-hybridized carbons (Fsp3) is 0.364. The molecule has 0 spiro atoms. The number of nitrogens with one attached hydrogen (secondary N) is 1. The van der Waals surface area contributed by atoms with E-state index in [-0.39, 0.29) is 0 Å². The largest absolute Gasteiger partial charge is 0.383 e. The molecule has 1 aromatic rings. The minimum absolute atomic E-state index is 0.356. The van der Waals surface area contributed by atoms with E-state index in [0.29, 0.717) is 10.6 Å². The van der Waals surface area contributed by atoms with Crippen LogP contribution in [0.2, 0.25) is 5.02 Å². The second-order valence-corrected chi connectivity index (χ2v) is 4.11. The number of halogens is 5. The lowest BCUT2D eigenvalue weighted by Gasteiger charge is -2.19. The molecule has 2 nitrogen and oxygen atoms in total. The third-order valence-corrected chi connectivity index (χ3v) is 2.51. The van der Waals surface area contributed by atoms with E-state index in [0.717, 1.165) is 0 Å². The molecule has 0 radical (unpaired) electrons. The van der Waals surface area contributed by atoms with Crippen molar-refractivity contribution in [3.05, 3.63) is 34.9 Å². The molecule has 7 heteroatoms. The fourth-order valence-electron chi connectivity index (χ4n) is 1.25. The number of hydrogen-bond acceptors (Lipinski definition) is 1. The number of alkyl halides is 4. The maximum atomic E-state index is 12.7. The maximum absolute atomic E-state index is 12.7. The SMILES string of the molecule is C[C@@H](NC(=O)C(F)(F)C(F)F)c1cccc(Cl)c1. The monoisotopic (exact) mass is 283 g/mol. The quantitative estimate of drug-likeness (QED) is 0.843. The Hall–Kier alpha value is -1.30. The van der Waals surface area contributed by atoms with Crippen LogP contribution in [0.25, 0.3) is 0 Å². The molecule has 1 aromatic carbocycles. The summed E-state index contributed by atoms with van der Waals surface area (Å²) in [6.07, 6.45) is -4.04. The number of carbonyl (C=O) groups excluding carboxylic acids is 1. The average Bonchev–Trinajstić information content (AvgIpc) is 2.28. The van der Waals surface area contributed by atoms with E-state index in [4.69, 9.17) is 11.6 Å². The number of benzene rings is 1. The molecule has 0 aliphatic heterocycles. The lowest BCUT2D eigenvalue weighted by molar-refractivity contribution is -0.170. The van der Waals surface area contributed by atoms with Gasteiger partial charge in [0, 0.05) is 5.02 Å². The van der Waals surface area contributed by atoms with Gasteiger partial charge in [-0.1, -0.05) is 23.7 Å². The first kappa shape index (κ1) is 14.8. The van der Waals surface area contributed by atoms with Crippen molar-refractivity contribution in [2.75, 3.05) is 0 Å². The number of hydrogen-bond donors (Lipinski definition) is 1. The zero-order chi connectivity index (χ0) is 13.9. The van der Waals surface area contributed by atoms with Crippen LogP contribution in [0.3, 0.4) is 0 Å². The molecule has 18 heavy (non-hydrogen) atoms. The zero-order valence-corrected chi connectivity index (χ0v) is 10.0. The van der Waals surface area contributed by atoms with E-state index in [1.165, 1.54) is 19.1 Å². The summed E-state index contributed by atoms with van der Waals surface area (Å²) in [7, 11) is 0. The average molecular weight is 284 g/mol. The highest BCUT2D eigenvalue weighted by molar-refractivity contribution is 6.30. The summed E-state index contributed by atoms with van der Waals surface area (Å²) >= 11 is 5.68. The molecule has 0 heterocycles. The first-order chi connectivity index (χ1) is 8.25. The van der Waals surface area contributed by atoms with E-state index >= 15 is 0 Å². The molecule has 0 aliphatic carbocycles. The molecular weight excluding hydrogens is 274 g/mol. The van der Waals surface area contributed by atoms with Crippen LogP contribution < -0.4 is 5.32 Å². The molecular formula is C11H10ClF4NO. The van der Waals surface area contributed by atoms with E-state index in [1.54, 1.807) is 12.1 Å². The number of amides is 1. The van der Waals surface area contributed by atoms with Crippen LogP contribution in [0.15, 0.2) is 24.3 Å². The van der Waals surface area contributed by atoms with E-state index in [9.17, 15) is 22.4 Å². The molecule has 1 rings (SSSR count). The third kappa shape index (κ3) is 3.35. The lowest BCUT2D eigenvalue weighted by Crippen LogP contribution is -2.45. The van der Waals surface area contributed by atoms with Gasteiger partial charge in [0.05, 0.1) is 6.04 Å². The Morgan fingerprint density at radius 3 is 2.50 bits per heavy atom. The summed E-state index contributed by atoms with van der Waals surface area (Å²) in [5.74, 6) is -6.71. The third-order valence-electron chi connectivity index (χ3n) is 2.27. The van der Waals surface area contributed by atoms with E-state index in [2.05, 4.69) is 0 Å². The fourth-order valence-corrected chi connectivity index (χ4v) is 1.45. The van der Waals surface area contributed by atoms with Gasteiger partial charge in [-0.25, -0.2) is 8.78 Å². The second kappa shape index (κ2) is 5.56. The van der Waals surface area contributed by atoms with Crippen LogP contribution in [-0.4, -0.2) is 18.3 Å². The van der Waals surface area contributed by atoms with Gasteiger partial charge >= 0.3 is 12.3 Å². The van der Waals surface area contributed by atoms with Gasteiger partial charge in [0.2, 0.25) is 0 Å². The van der Waals surface area contributed by atoms with Crippen LogP contribution in [-0.2, 0) is 4.79 Å². The van der Waals surface area contributed by atoms with Gasteiger partial charge < -0.3 is 5.32 Å². The van der Waals surface area contributed by atoms with Crippen molar-refractivity contribution in [3.8, 4) is 0 Å². The van der Waals surface area contributed by atoms with Crippen LogP contribution in [0.5, 0.6) is 0 Å². The lowest BCUT2D eigenvalue weighted by atomic mass is 10.1. The standard InChI is InChI=1S/C11H10ClF4NO/c1-6(7-3-2-4-8(12)5-7)17-10(18)11(15,16)9(13)14/h2-6,9H,1H3,(H,17,18)/t6-/m1/s1. The van der Waals surface area contributed by atoms with Crippen LogP contribution in [0.4, 0.5) is 17.6 Å². The first-order valence-corrected chi connectivity index (χ1v) is 5.35. The summed E-state index contributed by atoms with van der Waals surface area (Å²) in [6.45, 7) is 1.39. The predicted molar refractivity (Wildman–Crippen MR) is 59.0 cm³/mol. The topological polar surface area (TPSA) is 29.1 Å². The second-order valence-electron chi connectivity index (χ2n) is 3.67. The highest BCUT2D eigenvalue weighted by Crippen LogP contribution is 2.25. The van der Waals surface area contributed by atoms with Gasteiger partial charge in [-0.05, 0) is 24.6 Å². The van der Waals surface area contributed by atoms with Gasteiger partial charge in [-0.3, -0.25) is 4.79 Å².